The number of pyridine rings is 1. The van der Waals surface area contributed by atoms with Crippen LogP contribution in [0.1, 0.15) is 6.42 Å². The second kappa shape index (κ2) is 4.77. The lowest BCUT2D eigenvalue weighted by Crippen LogP contribution is -2.31. The molecule has 0 spiro atoms. The molecule has 1 aliphatic rings. The summed E-state index contributed by atoms with van der Waals surface area (Å²) in [6.45, 7) is 1.67. The highest BCUT2D eigenvalue weighted by Gasteiger charge is 2.30. The predicted molar refractivity (Wildman–Crippen MR) is 76.4 cm³/mol. The molecule has 19 heavy (non-hydrogen) atoms. The van der Waals surface area contributed by atoms with Crippen molar-refractivity contribution in [2.24, 2.45) is 5.92 Å². The van der Waals surface area contributed by atoms with Crippen LogP contribution in [0.2, 0.25) is 0 Å². The van der Waals surface area contributed by atoms with Gasteiger partial charge in [-0.2, -0.15) is 0 Å². The smallest absolute Gasteiger partial charge is 0.227 e. The van der Waals surface area contributed by atoms with Crippen molar-refractivity contribution in [1.82, 2.24) is 14.9 Å². The molecule has 6 heteroatoms. The van der Waals surface area contributed by atoms with Crippen molar-refractivity contribution < 1.29 is 4.79 Å². The van der Waals surface area contributed by atoms with Gasteiger partial charge in [-0.15, -0.1) is 0 Å². The third-order valence-corrected chi connectivity index (χ3v) is 4.52. The molecule has 1 atom stereocenters. The number of thiazole rings is 1. The van der Waals surface area contributed by atoms with E-state index < -0.39 is 0 Å². The van der Waals surface area contributed by atoms with Crippen molar-refractivity contribution in [3.05, 3.63) is 18.5 Å². The van der Waals surface area contributed by atoms with Crippen molar-refractivity contribution in [3.8, 4) is 0 Å². The number of hydrogen-bond donors (Lipinski definition) is 0. The Labute approximate surface area is 115 Å². The number of amides is 1. The SMILES string of the molecule is CN(C)C(=O)C1CCN(c2nc3cnccc3s2)C1. The number of fused-ring (bicyclic) bond motifs is 1. The van der Waals surface area contributed by atoms with Gasteiger partial charge in [0.2, 0.25) is 5.91 Å². The maximum Gasteiger partial charge on any atom is 0.227 e. The van der Waals surface area contributed by atoms with Gasteiger partial charge in [-0.3, -0.25) is 9.78 Å². The van der Waals surface area contributed by atoms with Gasteiger partial charge in [-0.25, -0.2) is 4.98 Å². The van der Waals surface area contributed by atoms with Gasteiger partial charge < -0.3 is 9.80 Å². The summed E-state index contributed by atoms with van der Waals surface area (Å²) >= 11 is 1.67. The lowest BCUT2D eigenvalue weighted by atomic mass is 10.1. The zero-order valence-corrected chi connectivity index (χ0v) is 11.9. The average Bonchev–Trinajstić information content (AvgIpc) is 3.03. The van der Waals surface area contributed by atoms with Crippen molar-refractivity contribution in [2.75, 3.05) is 32.1 Å². The first kappa shape index (κ1) is 12.3. The summed E-state index contributed by atoms with van der Waals surface area (Å²) in [5.74, 6) is 0.311. The molecule has 0 saturated carbocycles. The van der Waals surface area contributed by atoms with E-state index in [1.54, 1.807) is 28.6 Å². The summed E-state index contributed by atoms with van der Waals surface area (Å²) in [6.07, 6.45) is 4.48. The Kier molecular flexibility index (Phi) is 3.10. The molecule has 1 aliphatic heterocycles. The van der Waals surface area contributed by atoms with E-state index >= 15 is 0 Å². The van der Waals surface area contributed by atoms with Crippen LogP contribution in [0.15, 0.2) is 18.5 Å². The fourth-order valence-electron chi connectivity index (χ4n) is 2.40. The molecule has 5 nitrogen and oxygen atoms in total. The predicted octanol–water partition coefficient (Wildman–Crippen LogP) is 1.61. The minimum Gasteiger partial charge on any atom is -0.349 e. The second-order valence-corrected chi connectivity index (χ2v) is 6.01. The van der Waals surface area contributed by atoms with Crippen LogP contribution in [0.3, 0.4) is 0 Å². The van der Waals surface area contributed by atoms with E-state index in [1.807, 2.05) is 20.2 Å². The summed E-state index contributed by atoms with van der Waals surface area (Å²) in [5, 5.41) is 0.997. The van der Waals surface area contributed by atoms with Crippen molar-refractivity contribution >= 4 is 32.6 Å². The molecule has 2 aromatic heterocycles. The molecule has 3 rings (SSSR count). The third-order valence-electron chi connectivity index (χ3n) is 3.43. The normalized spacial score (nSPS) is 19.1. The van der Waals surface area contributed by atoms with E-state index in [0.29, 0.717) is 0 Å². The van der Waals surface area contributed by atoms with Crippen LogP contribution < -0.4 is 4.90 Å². The van der Waals surface area contributed by atoms with Crippen LogP contribution in [0.25, 0.3) is 10.2 Å². The summed E-state index contributed by atoms with van der Waals surface area (Å²) in [4.78, 5) is 24.5. The van der Waals surface area contributed by atoms with Crippen LogP contribution in [-0.4, -0.2) is 48.0 Å². The molecule has 1 unspecified atom stereocenters. The van der Waals surface area contributed by atoms with E-state index in [-0.39, 0.29) is 11.8 Å². The minimum atomic E-state index is 0.0973. The molecular formula is C13H16N4OS. The molecule has 1 amide bonds. The highest BCUT2D eigenvalue weighted by Crippen LogP contribution is 2.31. The number of carbonyl (C=O) groups is 1. The van der Waals surface area contributed by atoms with Gasteiger partial charge in [0.25, 0.3) is 0 Å². The van der Waals surface area contributed by atoms with E-state index in [4.69, 9.17) is 0 Å². The van der Waals surface area contributed by atoms with Crippen molar-refractivity contribution in [3.63, 3.8) is 0 Å². The lowest BCUT2D eigenvalue weighted by molar-refractivity contribution is -0.132. The van der Waals surface area contributed by atoms with Gasteiger partial charge in [0.15, 0.2) is 5.13 Å². The topological polar surface area (TPSA) is 49.3 Å². The maximum atomic E-state index is 12.0. The molecule has 0 radical (unpaired) electrons. The Bertz CT molecular complexity index is 576. The molecule has 1 saturated heterocycles. The number of aromatic nitrogens is 2. The Hall–Kier alpha value is -1.69. The van der Waals surface area contributed by atoms with E-state index in [9.17, 15) is 4.79 Å². The number of hydrogen-bond acceptors (Lipinski definition) is 5. The molecule has 1 fully saturated rings. The number of anilines is 1. The molecule has 0 bridgehead atoms. The second-order valence-electron chi connectivity index (χ2n) is 5.00. The fraction of sp³-hybridized carbons (Fsp3) is 0.462. The standard InChI is InChI=1S/C13H16N4OS/c1-16(2)12(18)9-4-6-17(8-9)13-15-10-7-14-5-3-11(10)19-13/h3,5,7,9H,4,6,8H2,1-2H3. The first-order valence-corrected chi connectivity index (χ1v) is 7.13. The highest BCUT2D eigenvalue weighted by atomic mass is 32.1. The van der Waals surface area contributed by atoms with Gasteiger partial charge in [0.1, 0.15) is 5.52 Å². The lowest BCUT2D eigenvalue weighted by Gasteiger charge is -2.17. The summed E-state index contributed by atoms with van der Waals surface area (Å²) in [7, 11) is 3.63. The van der Waals surface area contributed by atoms with Gasteiger partial charge in [-0.05, 0) is 12.5 Å². The van der Waals surface area contributed by atoms with E-state index in [0.717, 1.165) is 34.9 Å². The van der Waals surface area contributed by atoms with Crippen LogP contribution >= 0.6 is 11.3 Å². The molecule has 0 aromatic carbocycles. The van der Waals surface area contributed by atoms with E-state index in [2.05, 4.69) is 14.9 Å². The van der Waals surface area contributed by atoms with Gasteiger partial charge >= 0.3 is 0 Å². The van der Waals surface area contributed by atoms with Gasteiger partial charge in [0, 0.05) is 33.4 Å². The summed E-state index contributed by atoms with van der Waals surface area (Å²) in [5.41, 5.74) is 0.935. The quantitative estimate of drug-likeness (QED) is 0.836. The summed E-state index contributed by atoms with van der Waals surface area (Å²) < 4.78 is 1.15. The van der Waals surface area contributed by atoms with Crippen LogP contribution in [0, 0.1) is 5.92 Å². The number of nitrogens with zero attached hydrogens (tertiary/aromatic N) is 4. The first-order valence-electron chi connectivity index (χ1n) is 6.32. The van der Waals surface area contributed by atoms with Gasteiger partial charge in [-0.1, -0.05) is 11.3 Å². The first-order chi connectivity index (χ1) is 9.15. The summed E-state index contributed by atoms with van der Waals surface area (Å²) in [6, 6.07) is 1.98. The van der Waals surface area contributed by atoms with Crippen molar-refractivity contribution in [1.29, 1.82) is 0 Å². The average molecular weight is 276 g/mol. The Balaban J connectivity index is 1.79. The van der Waals surface area contributed by atoms with Crippen molar-refractivity contribution in [2.45, 2.75) is 6.42 Å². The van der Waals surface area contributed by atoms with Crippen LogP contribution in [0.5, 0.6) is 0 Å². The Morgan fingerprint density at radius 3 is 3.11 bits per heavy atom. The van der Waals surface area contributed by atoms with Crippen LogP contribution in [0.4, 0.5) is 5.13 Å². The molecule has 2 aromatic rings. The largest absolute Gasteiger partial charge is 0.349 e. The molecule has 100 valence electrons. The molecule has 0 N–H and O–H groups in total. The maximum absolute atomic E-state index is 12.0. The zero-order chi connectivity index (χ0) is 13.4. The van der Waals surface area contributed by atoms with Crippen LogP contribution in [-0.2, 0) is 4.79 Å². The fourth-order valence-corrected chi connectivity index (χ4v) is 3.37. The highest BCUT2D eigenvalue weighted by molar-refractivity contribution is 7.22. The zero-order valence-electron chi connectivity index (χ0n) is 11.0. The molecular weight excluding hydrogens is 260 g/mol. The number of carbonyl (C=O) groups excluding carboxylic acids is 1. The Morgan fingerprint density at radius 2 is 2.37 bits per heavy atom. The monoisotopic (exact) mass is 276 g/mol. The Morgan fingerprint density at radius 1 is 1.53 bits per heavy atom. The molecule has 3 heterocycles. The minimum absolute atomic E-state index is 0.0973. The van der Waals surface area contributed by atoms with E-state index in [1.165, 1.54) is 0 Å². The number of rotatable bonds is 2. The molecule has 0 aliphatic carbocycles. The third kappa shape index (κ3) is 2.28. The van der Waals surface area contributed by atoms with Gasteiger partial charge in [0.05, 0.1) is 16.8 Å².